The zero-order valence-corrected chi connectivity index (χ0v) is 12.5. The van der Waals surface area contributed by atoms with Gasteiger partial charge in [-0.25, -0.2) is 9.97 Å². The van der Waals surface area contributed by atoms with Crippen molar-refractivity contribution in [1.29, 1.82) is 0 Å². The van der Waals surface area contributed by atoms with Gasteiger partial charge in [0.05, 0.1) is 0 Å². The van der Waals surface area contributed by atoms with Gasteiger partial charge < -0.3 is 15.1 Å². The molecule has 106 valence electrons. The van der Waals surface area contributed by atoms with Crippen LogP contribution in [0.15, 0.2) is 12.4 Å². The van der Waals surface area contributed by atoms with E-state index in [1.165, 1.54) is 19.3 Å². The Morgan fingerprint density at radius 2 is 2.00 bits per heavy atom. The van der Waals surface area contributed by atoms with Crippen molar-refractivity contribution in [2.45, 2.75) is 31.7 Å². The van der Waals surface area contributed by atoms with Gasteiger partial charge in [-0.3, -0.25) is 0 Å². The molecule has 0 aromatic carbocycles. The second kappa shape index (κ2) is 5.74. The average molecular weight is 263 g/mol. The molecule has 1 aromatic rings. The van der Waals surface area contributed by atoms with E-state index in [9.17, 15) is 0 Å². The Hall–Kier alpha value is -1.36. The number of nitrogens with one attached hydrogen (secondary N) is 1. The van der Waals surface area contributed by atoms with E-state index in [1.54, 1.807) is 6.33 Å². The smallest absolute Gasteiger partial charge is 0.133 e. The number of aromatic nitrogens is 2. The summed E-state index contributed by atoms with van der Waals surface area (Å²) >= 11 is 0. The molecule has 0 unspecified atom stereocenters. The Morgan fingerprint density at radius 1 is 1.26 bits per heavy atom. The third-order valence-corrected chi connectivity index (χ3v) is 4.17. The van der Waals surface area contributed by atoms with Crippen molar-refractivity contribution in [3.63, 3.8) is 0 Å². The molecule has 0 atom stereocenters. The molecule has 1 N–H and O–H groups in total. The number of nitrogens with zero attached hydrogens (tertiary/aromatic N) is 4. The summed E-state index contributed by atoms with van der Waals surface area (Å²) in [6, 6.07) is 2.02. The molecule has 1 heterocycles. The van der Waals surface area contributed by atoms with Crippen LogP contribution in [0.3, 0.4) is 0 Å². The zero-order chi connectivity index (χ0) is 13.9. The van der Waals surface area contributed by atoms with Crippen LogP contribution in [0.2, 0.25) is 0 Å². The number of rotatable bonds is 6. The van der Waals surface area contributed by atoms with E-state index in [4.69, 9.17) is 0 Å². The van der Waals surface area contributed by atoms with Crippen LogP contribution >= 0.6 is 0 Å². The Morgan fingerprint density at radius 3 is 2.53 bits per heavy atom. The molecule has 1 fully saturated rings. The topological polar surface area (TPSA) is 44.3 Å². The van der Waals surface area contributed by atoms with Gasteiger partial charge in [0.25, 0.3) is 0 Å². The monoisotopic (exact) mass is 263 g/mol. The molecule has 0 saturated heterocycles. The largest absolute Gasteiger partial charge is 0.370 e. The minimum Gasteiger partial charge on any atom is -0.370 e. The maximum Gasteiger partial charge on any atom is 0.133 e. The summed E-state index contributed by atoms with van der Waals surface area (Å²) in [4.78, 5) is 13.2. The van der Waals surface area contributed by atoms with Crippen molar-refractivity contribution in [2.24, 2.45) is 0 Å². The fraction of sp³-hybridized carbons (Fsp3) is 0.714. The highest BCUT2D eigenvalue weighted by molar-refractivity contribution is 5.48. The fourth-order valence-corrected chi connectivity index (χ4v) is 2.69. The SMILES string of the molecule is CCNc1cc(N(C)CC2(N(C)C)CCC2)ncn1. The number of anilines is 2. The second-order valence-electron chi connectivity index (χ2n) is 5.62. The molecule has 5 nitrogen and oxygen atoms in total. The quantitative estimate of drug-likeness (QED) is 0.848. The first-order valence-corrected chi connectivity index (χ1v) is 7.02. The lowest BCUT2D eigenvalue weighted by atomic mass is 9.75. The van der Waals surface area contributed by atoms with Crippen LogP contribution in [-0.2, 0) is 0 Å². The molecule has 0 amide bonds. The van der Waals surface area contributed by atoms with E-state index in [0.29, 0.717) is 5.54 Å². The minimum atomic E-state index is 0.318. The molecule has 0 aliphatic heterocycles. The van der Waals surface area contributed by atoms with Gasteiger partial charge in [0.2, 0.25) is 0 Å². The lowest BCUT2D eigenvalue weighted by molar-refractivity contribution is 0.0682. The summed E-state index contributed by atoms with van der Waals surface area (Å²) < 4.78 is 0. The van der Waals surface area contributed by atoms with Gasteiger partial charge >= 0.3 is 0 Å². The van der Waals surface area contributed by atoms with Crippen LogP contribution in [0.5, 0.6) is 0 Å². The van der Waals surface area contributed by atoms with Gasteiger partial charge in [-0.05, 0) is 40.3 Å². The van der Waals surface area contributed by atoms with Crippen LogP contribution < -0.4 is 10.2 Å². The lowest BCUT2D eigenvalue weighted by Crippen LogP contribution is -2.56. The third-order valence-electron chi connectivity index (χ3n) is 4.17. The Labute approximate surface area is 116 Å². The molecule has 0 bridgehead atoms. The predicted octanol–water partition coefficient (Wildman–Crippen LogP) is 1.83. The molecular formula is C14H25N5. The van der Waals surface area contributed by atoms with E-state index >= 15 is 0 Å². The summed E-state index contributed by atoms with van der Waals surface area (Å²) in [6.45, 7) is 3.96. The molecule has 19 heavy (non-hydrogen) atoms. The van der Waals surface area contributed by atoms with Crippen LogP contribution in [0.25, 0.3) is 0 Å². The second-order valence-corrected chi connectivity index (χ2v) is 5.62. The van der Waals surface area contributed by atoms with Crippen molar-refractivity contribution in [2.75, 3.05) is 44.4 Å². The van der Waals surface area contributed by atoms with E-state index in [-0.39, 0.29) is 0 Å². The molecule has 0 spiro atoms. The number of likely N-dealkylation sites (N-methyl/N-ethyl adjacent to an activating group) is 2. The fourth-order valence-electron chi connectivity index (χ4n) is 2.69. The zero-order valence-electron chi connectivity index (χ0n) is 12.5. The first-order chi connectivity index (χ1) is 9.07. The van der Waals surface area contributed by atoms with Gasteiger partial charge in [-0.1, -0.05) is 0 Å². The van der Waals surface area contributed by atoms with E-state index in [2.05, 4.69) is 53.2 Å². The van der Waals surface area contributed by atoms with Gasteiger partial charge in [-0.15, -0.1) is 0 Å². The molecular weight excluding hydrogens is 238 g/mol. The van der Waals surface area contributed by atoms with Gasteiger partial charge in [0.1, 0.15) is 18.0 Å². The summed E-state index contributed by atoms with van der Waals surface area (Å²) in [7, 11) is 6.47. The summed E-state index contributed by atoms with van der Waals surface area (Å²) in [6.07, 6.45) is 5.51. The van der Waals surface area contributed by atoms with Crippen molar-refractivity contribution in [1.82, 2.24) is 14.9 Å². The maximum absolute atomic E-state index is 4.38. The van der Waals surface area contributed by atoms with Crippen molar-refractivity contribution >= 4 is 11.6 Å². The van der Waals surface area contributed by atoms with Crippen molar-refractivity contribution in [3.05, 3.63) is 12.4 Å². The van der Waals surface area contributed by atoms with Crippen LogP contribution in [0, 0.1) is 0 Å². The molecule has 0 radical (unpaired) electrons. The molecule has 1 saturated carbocycles. The summed E-state index contributed by atoms with van der Waals surface area (Å²) in [5.41, 5.74) is 0.318. The molecule has 2 rings (SSSR count). The highest BCUT2D eigenvalue weighted by atomic mass is 15.3. The molecule has 1 aromatic heterocycles. The first kappa shape index (κ1) is 14.1. The van der Waals surface area contributed by atoms with Crippen molar-refractivity contribution in [3.8, 4) is 0 Å². The van der Waals surface area contributed by atoms with Crippen molar-refractivity contribution < 1.29 is 0 Å². The Balaban J connectivity index is 2.06. The lowest BCUT2D eigenvalue weighted by Gasteiger charge is -2.49. The van der Waals surface area contributed by atoms with Gasteiger partial charge in [0, 0.05) is 31.7 Å². The molecule has 5 heteroatoms. The maximum atomic E-state index is 4.38. The number of hydrogen-bond donors (Lipinski definition) is 1. The van der Waals surface area contributed by atoms with Crippen LogP contribution in [0.1, 0.15) is 26.2 Å². The van der Waals surface area contributed by atoms with E-state index in [1.807, 2.05) is 6.07 Å². The van der Waals surface area contributed by atoms with E-state index in [0.717, 1.165) is 24.7 Å². The van der Waals surface area contributed by atoms with Gasteiger partial charge in [-0.2, -0.15) is 0 Å². The highest BCUT2D eigenvalue weighted by Gasteiger charge is 2.40. The Bertz CT molecular complexity index is 414. The summed E-state index contributed by atoms with van der Waals surface area (Å²) in [5.74, 6) is 1.88. The standard InChI is InChI=1S/C14H25N5/c1-5-15-12-9-13(17-11-16-12)19(4)10-14(18(2)3)7-6-8-14/h9,11H,5-8,10H2,1-4H3,(H,15,16,17). The van der Waals surface area contributed by atoms with Crippen LogP contribution in [0.4, 0.5) is 11.6 Å². The highest BCUT2D eigenvalue weighted by Crippen LogP contribution is 2.37. The average Bonchev–Trinajstić information content (AvgIpc) is 2.34. The third kappa shape index (κ3) is 2.97. The van der Waals surface area contributed by atoms with Gasteiger partial charge in [0.15, 0.2) is 0 Å². The number of hydrogen-bond acceptors (Lipinski definition) is 5. The molecule has 1 aliphatic rings. The van der Waals surface area contributed by atoms with E-state index < -0.39 is 0 Å². The minimum absolute atomic E-state index is 0.318. The predicted molar refractivity (Wildman–Crippen MR) is 79.7 cm³/mol. The summed E-state index contributed by atoms with van der Waals surface area (Å²) in [5, 5.41) is 3.23. The molecule has 1 aliphatic carbocycles. The Kier molecular flexibility index (Phi) is 4.24. The first-order valence-electron chi connectivity index (χ1n) is 7.02. The van der Waals surface area contributed by atoms with Crippen LogP contribution in [-0.4, -0.2) is 54.6 Å². The normalized spacial score (nSPS) is 17.1.